The molecule has 1 aliphatic rings. The number of nitrogens with zero attached hydrogens (tertiary/aromatic N) is 2. The Morgan fingerprint density at radius 3 is 1.84 bits per heavy atom. The van der Waals surface area contributed by atoms with E-state index in [0.717, 1.165) is 32.7 Å². The molecule has 0 bridgehead atoms. The minimum absolute atomic E-state index is 0.697. The van der Waals surface area contributed by atoms with E-state index in [0.29, 0.717) is 6.61 Å². The van der Waals surface area contributed by atoms with Crippen molar-refractivity contribution in [1.82, 2.24) is 9.80 Å². The van der Waals surface area contributed by atoms with Crippen LogP contribution in [0.4, 0.5) is 0 Å². The van der Waals surface area contributed by atoms with Gasteiger partial charge in [-0.3, -0.25) is 4.90 Å². The van der Waals surface area contributed by atoms with E-state index in [2.05, 4.69) is 94.7 Å². The first-order valence-electron chi connectivity index (χ1n) is 12.0. The summed E-state index contributed by atoms with van der Waals surface area (Å²) in [6.07, 6.45) is 3.39. The third-order valence-corrected chi connectivity index (χ3v) is 6.41. The molecular weight excluding hydrogens is 392 g/mol. The van der Waals surface area contributed by atoms with Crippen molar-refractivity contribution in [2.75, 3.05) is 45.9 Å². The van der Waals surface area contributed by atoms with Gasteiger partial charge in [-0.15, -0.1) is 0 Å². The summed E-state index contributed by atoms with van der Waals surface area (Å²) in [6.45, 7) is 8.38. The van der Waals surface area contributed by atoms with Crippen molar-refractivity contribution in [3.05, 3.63) is 107 Å². The lowest BCUT2D eigenvalue weighted by atomic mass is 10.0. The third kappa shape index (κ3) is 7.30. The minimum atomic E-state index is 0.697. The van der Waals surface area contributed by atoms with Crippen molar-refractivity contribution in [1.29, 1.82) is 0 Å². The molecule has 0 amide bonds. The second-order valence-electron chi connectivity index (χ2n) is 8.76. The zero-order valence-electron chi connectivity index (χ0n) is 19.2. The lowest BCUT2D eigenvalue weighted by Crippen LogP contribution is -2.47. The predicted octanol–water partition coefficient (Wildman–Crippen LogP) is 5.04. The Bertz CT molecular complexity index is 905. The van der Waals surface area contributed by atoms with Crippen LogP contribution in [0, 0.1) is 0 Å². The Balaban J connectivity index is 1.12. The van der Waals surface area contributed by atoms with Crippen molar-refractivity contribution >= 4 is 0 Å². The molecule has 0 unspecified atom stereocenters. The molecule has 0 atom stereocenters. The highest BCUT2D eigenvalue weighted by Crippen LogP contribution is 2.15. The van der Waals surface area contributed by atoms with Gasteiger partial charge in [0.25, 0.3) is 0 Å². The quantitative estimate of drug-likeness (QED) is 0.398. The normalized spacial score (nSPS) is 15.1. The largest absolute Gasteiger partial charge is 0.375 e. The van der Waals surface area contributed by atoms with Crippen LogP contribution in [0.2, 0.25) is 0 Å². The fraction of sp³-hybridized carbons (Fsp3) is 0.379. The Morgan fingerprint density at radius 2 is 1.16 bits per heavy atom. The third-order valence-electron chi connectivity index (χ3n) is 6.41. The molecule has 3 nitrogen and oxygen atoms in total. The molecule has 3 heteroatoms. The van der Waals surface area contributed by atoms with Crippen LogP contribution < -0.4 is 0 Å². The van der Waals surface area contributed by atoms with Gasteiger partial charge in [-0.25, -0.2) is 0 Å². The summed E-state index contributed by atoms with van der Waals surface area (Å²) >= 11 is 0. The number of benzene rings is 3. The molecule has 32 heavy (non-hydrogen) atoms. The Morgan fingerprint density at radius 1 is 0.594 bits per heavy atom. The van der Waals surface area contributed by atoms with E-state index >= 15 is 0 Å². The van der Waals surface area contributed by atoms with Gasteiger partial charge in [-0.05, 0) is 48.1 Å². The molecule has 168 valence electrons. The van der Waals surface area contributed by atoms with E-state index in [1.807, 2.05) is 0 Å². The summed E-state index contributed by atoms with van der Waals surface area (Å²) in [4.78, 5) is 5.16. The maximum Gasteiger partial charge on any atom is 0.0720 e. The molecule has 0 radical (unpaired) electrons. The van der Waals surface area contributed by atoms with Crippen molar-refractivity contribution in [3.8, 4) is 0 Å². The van der Waals surface area contributed by atoms with Gasteiger partial charge in [0.05, 0.1) is 13.2 Å². The van der Waals surface area contributed by atoms with Crippen LogP contribution in [-0.2, 0) is 24.2 Å². The predicted molar refractivity (Wildman–Crippen MR) is 133 cm³/mol. The van der Waals surface area contributed by atoms with Crippen LogP contribution in [0.15, 0.2) is 84.9 Å². The summed E-state index contributed by atoms with van der Waals surface area (Å²) < 4.78 is 6.09. The van der Waals surface area contributed by atoms with Crippen molar-refractivity contribution in [2.45, 2.75) is 25.9 Å². The minimum Gasteiger partial charge on any atom is -0.375 e. The number of piperazine rings is 1. The van der Waals surface area contributed by atoms with E-state index in [9.17, 15) is 0 Å². The van der Waals surface area contributed by atoms with Gasteiger partial charge in [-0.2, -0.15) is 0 Å². The summed E-state index contributed by atoms with van der Waals surface area (Å²) in [7, 11) is 0. The first-order valence-corrected chi connectivity index (χ1v) is 12.0. The van der Waals surface area contributed by atoms with Gasteiger partial charge in [-0.1, -0.05) is 84.9 Å². The second-order valence-corrected chi connectivity index (χ2v) is 8.76. The van der Waals surface area contributed by atoms with Gasteiger partial charge in [0.2, 0.25) is 0 Å². The number of ether oxygens (including phenoxy) is 1. The highest BCUT2D eigenvalue weighted by atomic mass is 16.5. The fourth-order valence-corrected chi connectivity index (χ4v) is 4.45. The number of aryl methyl sites for hydroxylation is 1. The van der Waals surface area contributed by atoms with Crippen molar-refractivity contribution in [2.24, 2.45) is 0 Å². The molecule has 3 aromatic carbocycles. The van der Waals surface area contributed by atoms with Gasteiger partial charge >= 0.3 is 0 Å². The van der Waals surface area contributed by atoms with E-state index in [1.165, 1.54) is 54.7 Å². The maximum atomic E-state index is 6.09. The van der Waals surface area contributed by atoms with Crippen molar-refractivity contribution in [3.63, 3.8) is 0 Å². The molecule has 0 N–H and O–H groups in total. The molecular formula is C29H36N2O. The molecule has 1 fully saturated rings. The van der Waals surface area contributed by atoms with Gasteiger partial charge < -0.3 is 9.64 Å². The van der Waals surface area contributed by atoms with Gasteiger partial charge in [0.15, 0.2) is 0 Å². The summed E-state index contributed by atoms with van der Waals surface area (Å²) in [5.41, 5.74) is 5.47. The first-order chi connectivity index (χ1) is 15.9. The molecule has 1 saturated heterocycles. The number of rotatable bonds is 11. The molecule has 3 aromatic rings. The number of hydrogen-bond acceptors (Lipinski definition) is 3. The zero-order chi connectivity index (χ0) is 21.8. The first kappa shape index (κ1) is 22.7. The highest BCUT2D eigenvalue weighted by molar-refractivity contribution is 5.32. The van der Waals surface area contributed by atoms with Crippen LogP contribution in [-0.4, -0.2) is 55.7 Å². The molecule has 0 saturated carbocycles. The van der Waals surface area contributed by atoms with Gasteiger partial charge in [0.1, 0.15) is 0 Å². The molecule has 1 aliphatic heterocycles. The SMILES string of the molecule is c1ccc(CCCN2CCN(CCOCc3ccccc3Cc3ccccc3)CC2)cc1. The Kier molecular flexibility index (Phi) is 8.91. The molecule has 1 heterocycles. The maximum absolute atomic E-state index is 6.09. The van der Waals surface area contributed by atoms with Crippen LogP contribution in [0.5, 0.6) is 0 Å². The van der Waals surface area contributed by atoms with Crippen LogP contribution in [0.25, 0.3) is 0 Å². The van der Waals surface area contributed by atoms with Crippen LogP contribution in [0.3, 0.4) is 0 Å². The monoisotopic (exact) mass is 428 g/mol. The van der Waals surface area contributed by atoms with Crippen LogP contribution >= 0.6 is 0 Å². The van der Waals surface area contributed by atoms with E-state index in [-0.39, 0.29) is 0 Å². The highest BCUT2D eigenvalue weighted by Gasteiger charge is 2.16. The van der Waals surface area contributed by atoms with E-state index in [4.69, 9.17) is 4.74 Å². The Labute approximate surface area is 193 Å². The summed E-state index contributed by atoms with van der Waals surface area (Å²) in [5, 5.41) is 0. The Hall–Kier alpha value is -2.46. The smallest absolute Gasteiger partial charge is 0.0720 e. The fourth-order valence-electron chi connectivity index (χ4n) is 4.45. The standard InChI is InChI=1S/C29H36N2O/c1-3-10-26(11-4-1)14-9-17-30-18-20-31(21-19-30)22-23-32-25-29-16-8-7-15-28(29)24-27-12-5-2-6-13-27/h1-8,10-13,15-16H,9,14,17-25H2. The molecule has 0 spiro atoms. The summed E-state index contributed by atoms with van der Waals surface area (Å²) in [5.74, 6) is 0. The number of hydrogen-bond donors (Lipinski definition) is 0. The van der Waals surface area contributed by atoms with Crippen molar-refractivity contribution < 1.29 is 4.74 Å². The average molecular weight is 429 g/mol. The average Bonchev–Trinajstić information content (AvgIpc) is 2.85. The topological polar surface area (TPSA) is 15.7 Å². The lowest BCUT2D eigenvalue weighted by molar-refractivity contribution is 0.0680. The van der Waals surface area contributed by atoms with E-state index in [1.54, 1.807) is 0 Å². The lowest BCUT2D eigenvalue weighted by Gasteiger charge is -2.34. The van der Waals surface area contributed by atoms with E-state index < -0.39 is 0 Å². The molecule has 4 rings (SSSR count). The van der Waals surface area contributed by atoms with Gasteiger partial charge in [0, 0.05) is 32.7 Å². The zero-order valence-corrected chi connectivity index (χ0v) is 19.2. The van der Waals surface area contributed by atoms with Crippen LogP contribution in [0.1, 0.15) is 28.7 Å². The molecule has 0 aliphatic carbocycles. The summed E-state index contributed by atoms with van der Waals surface area (Å²) in [6, 6.07) is 30.2. The second kappa shape index (κ2) is 12.5. The molecule has 0 aromatic heterocycles.